The number of urea groups is 1. The zero-order valence-electron chi connectivity index (χ0n) is 15.7. The number of benzene rings is 1. The summed E-state index contributed by atoms with van der Waals surface area (Å²) in [4.78, 5) is 12.2. The summed E-state index contributed by atoms with van der Waals surface area (Å²) in [5.41, 5.74) is 6.27. The average molecular weight is 365 g/mol. The quantitative estimate of drug-likeness (QED) is 0.770. The van der Waals surface area contributed by atoms with Crippen molar-refractivity contribution in [2.45, 2.75) is 40.0 Å². The Morgan fingerprint density at radius 3 is 2.54 bits per heavy atom. The van der Waals surface area contributed by atoms with Gasteiger partial charge in [-0.15, -0.1) is 0 Å². The number of anilines is 2. The predicted molar refractivity (Wildman–Crippen MR) is 98.5 cm³/mol. The van der Waals surface area contributed by atoms with E-state index in [1.54, 1.807) is 0 Å². The minimum absolute atomic E-state index is 0.0270. The van der Waals surface area contributed by atoms with Crippen LogP contribution in [0.4, 0.5) is 25.1 Å². The van der Waals surface area contributed by atoms with E-state index in [0.717, 1.165) is 22.9 Å². The molecular weight excluding hydrogens is 340 g/mol. The Morgan fingerprint density at radius 1 is 1.31 bits per heavy atom. The highest BCUT2D eigenvalue weighted by atomic mass is 19.1. The number of nitrogens with two attached hydrogens (primary N) is 1. The van der Waals surface area contributed by atoms with Crippen LogP contribution in [-0.2, 0) is 5.41 Å². The lowest BCUT2D eigenvalue weighted by atomic mass is 9.91. The number of amides is 2. The van der Waals surface area contributed by atoms with Gasteiger partial charge < -0.3 is 16.4 Å². The van der Waals surface area contributed by atoms with E-state index in [4.69, 9.17) is 5.73 Å². The van der Waals surface area contributed by atoms with Crippen LogP contribution >= 0.6 is 0 Å². The molecular formula is C18H25F2N5O. The lowest BCUT2D eigenvalue weighted by Crippen LogP contribution is -2.32. The summed E-state index contributed by atoms with van der Waals surface area (Å²) in [6, 6.07) is 2.59. The summed E-state index contributed by atoms with van der Waals surface area (Å²) in [5, 5.41) is 9.76. The largest absolute Gasteiger partial charge is 0.382 e. The van der Waals surface area contributed by atoms with Crippen LogP contribution in [0.3, 0.4) is 0 Å². The maximum absolute atomic E-state index is 14.2. The number of rotatable bonds is 4. The van der Waals surface area contributed by atoms with E-state index in [1.807, 2.05) is 34.6 Å². The van der Waals surface area contributed by atoms with Crippen molar-refractivity contribution in [1.29, 1.82) is 0 Å². The first kappa shape index (κ1) is 19.7. The molecule has 0 spiro atoms. The first-order chi connectivity index (χ1) is 12.0. The van der Waals surface area contributed by atoms with Gasteiger partial charge in [-0.05, 0) is 18.1 Å². The Kier molecular flexibility index (Phi) is 5.53. The zero-order valence-corrected chi connectivity index (χ0v) is 15.7. The predicted octanol–water partition coefficient (Wildman–Crippen LogP) is 3.81. The van der Waals surface area contributed by atoms with Gasteiger partial charge in [-0.1, -0.05) is 34.6 Å². The number of hydrogen-bond donors (Lipinski definition) is 3. The fraction of sp³-hybridized carbons (Fsp3) is 0.444. The van der Waals surface area contributed by atoms with Gasteiger partial charge in [-0.2, -0.15) is 5.10 Å². The molecule has 1 aromatic heterocycles. The molecule has 0 aliphatic heterocycles. The zero-order chi connectivity index (χ0) is 19.6. The molecule has 1 heterocycles. The summed E-state index contributed by atoms with van der Waals surface area (Å²) in [6.45, 7) is 10.1. The molecule has 2 aromatic rings. The topological polar surface area (TPSA) is 85.0 Å². The van der Waals surface area contributed by atoms with E-state index >= 15 is 0 Å². The first-order valence-electron chi connectivity index (χ1n) is 8.40. The van der Waals surface area contributed by atoms with E-state index in [1.165, 1.54) is 0 Å². The highest BCUT2D eigenvalue weighted by Crippen LogP contribution is 2.35. The molecule has 26 heavy (non-hydrogen) atoms. The molecule has 0 atom stereocenters. The van der Waals surface area contributed by atoms with Crippen LogP contribution in [-0.4, -0.2) is 22.4 Å². The Balaban J connectivity index is 2.49. The molecule has 0 aliphatic rings. The van der Waals surface area contributed by atoms with Crippen molar-refractivity contribution in [1.82, 2.24) is 15.1 Å². The van der Waals surface area contributed by atoms with Crippen molar-refractivity contribution in [2.75, 3.05) is 17.6 Å². The molecule has 0 aliphatic carbocycles. The molecule has 0 bridgehead atoms. The molecule has 8 heteroatoms. The van der Waals surface area contributed by atoms with E-state index in [2.05, 4.69) is 15.7 Å². The second-order valence-electron chi connectivity index (χ2n) is 7.60. The number of nitrogens with one attached hydrogen (secondary N) is 2. The Morgan fingerprint density at radius 2 is 1.96 bits per heavy atom. The summed E-state index contributed by atoms with van der Waals surface area (Å²) in [6.07, 6.45) is 0. The lowest BCUT2D eigenvalue weighted by molar-refractivity contribution is 0.251. The van der Waals surface area contributed by atoms with Gasteiger partial charge in [-0.3, -0.25) is 0 Å². The highest BCUT2D eigenvalue weighted by molar-refractivity contribution is 5.93. The molecule has 0 saturated heterocycles. The van der Waals surface area contributed by atoms with E-state index in [-0.39, 0.29) is 23.1 Å². The maximum atomic E-state index is 14.2. The van der Waals surface area contributed by atoms with Crippen molar-refractivity contribution in [3.05, 3.63) is 35.5 Å². The summed E-state index contributed by atoms with van der Waals surface area (Å²) in [5.74, 6) is -0.974. The molecule has 2 amide bonds. The number of carbonyl (C=O) groups excluding carboxylic acids is 1. The van der Waals surface area contributed by atoms with Gasteiger partial charge in [0.25, 0.3) is 0 Å². The number of hydrogen-bond acceptors (Lipinski definition) is 3. The van der Waals surface area contributed by atoms with Crippen molar-refractivity contribution < 1.29 is 13.6 Å². The molecule has 0 saturated carbocycles. The Hall–Kier alpha value is -2.64. The van der Waals surface area contributed by atoms with E-state index in [9.17, 15) is 13.6 Å². The maximum Gasteiger partial charge on any atom is 0.319 e. The standard InChI is InChI=1S/C18H25F2N5O/c1-10(2)9-22-17(26)23-14-15(18(3,4)5)24-25(16(14)21)13-8-11(19)6-7-12(13)20/h6-8,10H,9,21H2,1-5H3,(H2,22,23,26). The summed E-state index contributed by atoms with van der Waals surface area (Å²) in [7, 11) is 0. The fourth-order valence-corrected chi connectivity index (χ4v) is 2.37. The minimum atomic E-state index is -0.670. The highest BCUT2D eigenvalue weighted by Gasteiger charge is 2.28. The molecule has 6 nitrogen and oxygen atoms in total. The fourth-order valence-electron chi connectivity index (χ4n) is 2.37. The Labute approximate surface area is 151 Å². The van der Waals surface area contributed by atoms with E-state index in [0.29, 0.717) is 12.2 Å². The van der Waals surface area contributed by atoms with Gasteiger partial charge >= 0.3 is 6.03 Å². The van der Waals surface area contributed by atoms with Crippen LogP contribution < -0.4 is 16.4 Å². The van der Waals surface area contributed by atoms with Gasteiger partial charge in [0, 0.05) is 18.0 Å². The monoisotopic (exact) mass is 365 g/mol. The van der Waals surface area contributed by atoms with Crippen molar-refractivity contribution in [2.24, 2.45) is 5.92 Å². The average Bonchev–Trinajstić information content (AvgIpc) is 2.85. The second-order valence-corrected chi connectivity index (χ2v) is 7.60. The second kappa shape index (κ2) is 7.31. The molecule has 142 valence electrons. The normalized spacial score (nSPS) is 11.7. The van der Waals surface area contributed by atoms with Gasteiger partial charge in [-0.25, -0.2) is 18.3 Å². The third kappa shape index (κ3) is 4.30. The molecule has 0 fully saturated rings. The molecule has 0 unspecified atom stereocenters. The Bertz CT molecular complexity index is 809. The lowest BCUT2D eigenvalue weighted by Gasteiger charge is -2.18. The summed E-state index contributed by atoms with van der Waals surface area (Å²) < 4.78 is 28.8. The van der Waals surface area contributed by atoms with Crippen LogP contribution in [0.1, 0.15) is 40.3 Å². The van der Waals surface area contributed by atoms with Gasteiger partial charge in [0.05, 0.1) is 5.69 Å². The number of aromatic nitrogens is 2. The van der Waals surface area contributed by atoms with Crippen LogP contribution in [0.2, 0.25) is 0 Å². The number of nitrogens with zero attached hydrogens (tertiary/aromatic N) is 2. The van der Waals surface area contributed by atoms with Crippen molar-refractivity contribution in [3.63, 3.8) is 0 Å². The smallest absolute Gasteiger partial charge is 0.319 e. The molecule has 0 radical (unpaired) electrons. The van der Waals surface area contributed by atoms with Crippen LogP contribution in [0.15, 0.2) is 18.2 Å². The van der Waals surface area contributed by atoms with E-state index < -0.39 is 23.1 Å². The third-order valence-electron chi connectivity index (χ3n) is 3.68. The SMILES string of the molecule is CC(C)CNC(=O)Nc1c(C(C)(C)C)nn(-c2cc(F)ccc2F)c1N. The summed E-state index contributed by atoms with van der Waals surface area (Å²) >= 11 is 0. The number of halogens is 2. The van der Waals surface area contributed by atoms with Gasteiger partial charge in [0.1, 0.15) is 23.0 Å². The molecule has 1 aromatic carbocycles. The number of nitrogen functional groups attached to an aromatic ring is 1. The minimum Gasteiger partial charge on any atom is -0.382 e. The molecule has 2 rings (SSSR count). The van der Waals surface area contributed by atoms with Crippen LogP contribution in [0.25, 0.3) is 5.69 Å². The third-order valence-corrected chi connectivity index (χ3v) is 3.68. The van der Waals surface area contributed by atoms with Gasteiger partial charge in [0.15, 0.2) is 5.82 Å². The first-order valence-corrected chi connectivity index (χ1v) is 8.40. The van der Waals surface area contributed by atoms with Gasteiger partial charge in [0.2, 0.25) is 0 Å². The van der Waals surface area contributed by atoms with Crippen LogP contribution in [0.5, 0.6) is 0 Å². The van der Waals surface area contributed by atoms with Crippen molar-refractivity contribution in [3.8, 4) is 5.69 Å². The number of carbonyl (C=O) groups is 1. The van der Waals surface area contributed by atoms with Crippen LogP contribution in [0, 0.1) is 17.6 Å². The molecule has 4 N–H and O–H groups in total. The van der Waals surface area contributed by atoms with Crippen molar-refractivity contribution >= 4 is 17.5 Å².